The molecule has 0 heterocycles. The van der Waals surface area contributed by atoms with E-state index in [1.165, 1.54) is 0 Å². The van der Waals surface area contributed by atoms with Gasteiger partial charge in [0.25, 0.3) is 0 Å². The molecular weight excluding hydrogens is 368 g/mol. The van der Waals surface area contributed by atoms with Crippen LogP contribution in [0.3, 0.4) is 0 Å². The highest BCUT2D eigenvalue weighted by atomic mass is 79.9. The van der Waals surface area contributed by atoms with Gasteiger partial charge in [0.15, 0.2) is 0 Å². The Kier molecular flexibility index (Phi) is 5.20. The van der Waals surface area contributed by atoms with Gasteiger partial charge < -0.3 is 5.32 Å². The van der Waals surface area contributed by atoms with Crippen molar-refractivity contribution in [2.24, 2.45) is 0 Å². The summed E-state index contributed by atoms with van der Waals surface area (Å²) in [5.74, 6) is -0.227. The fourth-order valence-corrected chi connectivity index (χ4v) is 2.89. The van der Waals surface area contributed by atoms with E-state index < -0.39 is 10.0 Å². The van der Waals surface area contributed by atoms with Gasteiger partial charge >= 0.3 is 0 Å². The second-order valence-corrected chi connectivity index (χ2v) is 7.34. The van der Waals surface area contributed by atoms with Gasteiger partial charge in [-0.1, -0.05) is 46.3 Å². The molecule has 0 saturated heterocycles. The number of halogens is 1. The Balaban J connectivity index is 2.14. The first-order chi connectivity index (χ1) is 10.3. The van der Waals surface area contributed by atoms with E-state index in [1.54, 1.807) is 24.3 Å². The molecule has 7 heteroatoms. The first-order valence-corrected chi connectivity index (χ1v) is 9.14. The second-order valence-electron chi connectivity index (χ2n) is 4.74. The zero-order chi connectivity index (χ0) is 16.2. The van der Waals surface area contributed by atoms with Crippen molar-refractivity contribution in [3.63, 3.8) is 0 Å². The van der Waals surface area contributed by atoms with Gasteiger partial charge in [0, 0.05) is 4.47 Å². The van der Waals surface area contributed by atoms with Crippen molar-refractivity contribution in [3.05, 3.63) is 58.6 Å². The maximum atomic E-state index is 12.1. The summed E-state index contributed by atoms with van der Waals surface area (Å²) in [6, 6.07) is 14.1. The fraction of sp³-hybridized carbons (Fsp3) is 0.133. The van der Waals surface area contributed by atoms with Gasteiger partial charge in [0.05, 0.1) is 24.1 Å². The molecular formula is C15H15BrN2O3S. The molecule has 116 valence electrons. The van der Waals surface area contributed by atoms with Gasteiger partial charge in [0.2, 0.25) is 15.9 Å². The van der Waals surface area contributed by atoms with Crippen LogP contribution in [0, 0.1) is 0 Å². The minimum Gasteiger partial charge on any atom is -0.324 e. The van der Waals surface area contributed by atoms with Crippen LogP contribution in [0.15, 0.2) is 53.0 Å². The Morgan fingerprint density at radius 3 is 2.27 bits per heavy atom. The van der Waals surface area contributed by atoms with Crippen molar-refractivity contribution in [3.8, 4) is 0 Å². The molecule has 2 rings (SSSR count). The average molecular weight is 383 g/mol. The molecule has 0 fully saturated rings. The molecule has 2 aromatic rings. The number of anilines is 2. The van der Waals surface area contributed by atoms with Gasteiger partial charge in [0.1, 0.15) is 0 Å². The van der Waals surface area contributed by atoms with E-state index >= 15 is 0 Å². The number of rotatable bonds is 5. The molecule has 0 aliphatic rings. The van der Waals surface area contributed by atoms with E-state index in [0.29, 0.717) is 11.4 Å². The van der Waals surface area contributed by atoms with Crippen LogP contribution in [0.1, 0.15) is 5.56 Å². The first-order valence-electron chi connectivity index (χ1n) is 6.45. The van der Waals surface area contributed by atoms with E-state index in [2.05, 4.69) is 26.0 Å². The van der Waals surface area contributed by atoms with Crippen molar-refractivity contribution >= 4 is 43.2 Å². The highest BCUT2D eigenvalue weighted by Crippen LogP contribution is 2.23. The van der Waals surface area contributed by atoms with Crippen LogP contribution in [0.2, 0.25) is 0 Å². The number of carbonyl (C=O) groups is 1. The van der Waals surface area contributed by atoms with Crippen molar-refractivity contribution in [1.29, 1.82) is 0 Å². The molecule has 5 nitrogen and oxygen atoms in total. The largest absolute Gasteiger partial charge is 0.324 e. The van der Waals surface area contributed by atoms with E-state index in [4.69, 9.17) is 0 Å². The summed E-state index contributed by atoms with van der Waals surface area (Å²) in [4.78, 5) is 12.1. The lowest BCUT2D eigenvalue weighted by Gasteiger charge is -2.12. The topological polar surface area (TPSA) is 75.3 Å². The highest BCUT2D eigenvalue weighted by molar-refractivity contribution is 9.10. The maximum absolute atomic E-state index is 12.1. The Labute approximate surface area is 137 Å². The molecule has 2 N–H and O–H groups in total. The molecule has 0 aliphatic carbocycles. The van der Waals surface area contributed by atoms with Crippen LogP contribution in [-0.4, -0.2) is 20.6 Å². The molecule has 0 unspecified atom stereocenters. The number of hydrogen-bond donors (Lipinski definition) is 2. The number of hydrogen-bond acceptors (Lipinski definition) is 3. The maximum Gasteiger partial charge on any atom is 0.229 e. The van der Waals surface area contributed by atoms with E-state index in [0.717, 1.165) is 16.3 Å². The van der Waals surface area contributed by atoms with E-state index in [1.807, 2.05) is 24.3 Å². The first kappa shape index (κ1) is 16.5. The zero-order valence-corrected chi connectivity index (χ0v) is 14.2. The SMILES string of the molecule is CS(=O)(=O)Nc1ccccc1NC(=O)Cc1ccccc1Br. The summed E-state index contributed by atoms with van der Waals surface area (Å²) >= 11 is 3.39. The molecule has 22 heavy (non-hydrogen) atoms. The van der Waals surface area contributed by atoms with Gasteiger partial charge in [-0.15, -0.1) is 0 Å². The number of carbonyl (C=O) groups excluding carboxylic acids is 1. The molecule has 0 spiro atoms. The minimum absolute atomic E-state index is 0.189. The normalized spacial score (nSPS) is 11.0. The summed E-state index contributed by atoms with van der Waals surface area (Å²) in [6.07, 6.45) is 1.25. The molecule has 0 radical (unpaired) electrons. The summed E-state index contributed by atoms with van der Waals surface area (Å²) in [5.41, 5.74) is 1.61. The molecule has 0 aliphatic heterocycles. The Morgan fingerprint density at radius 2 is 1.64 bits per heavy atom. The minimum atomic E-state index is -3.41. The van der Waals surface area contributed by atoms with Crippen molar-refractivity contribution in [2.75, 3.05) is 16.3 Å². The number of nitrogens with one attached hydrogen (secondary N) is 2. The van der Waals surface area contributed by atoms with E-state index in [9.17, 15) is 13.2 Å². The molecule has 1 amide bonds. The lowest BCUT2D eigenvalue weighted by molar-refractivity contribution is -0.115. The van der Waals surface area contributed by atoms with Gasteiger partial charge in [-0.3, -0.25) is 9.52 Å². The average Bonchev–Trinajstić information content (AvgIpc) is 2.42. The van der Waals surface area contributed by atoms with Crippen molar-refractivity contribution in [1.82, 2.24) is 0 Å². The molecule has 0 bridgehead atoms. The van der Waals surface area contributed by atoms with Crippen LogP contribution >= 0.6 is 15.9 Å². The zero-order valence-electron chi connectivity index (χ0n) is 11.8. The third-order valence-corrected chi connectivity index (χ3v) is 4.17. The van der Waals surface area contributed by atoms with E-state index in [-0.39, 0.29) is 12.3 Å². The van der Waals surface area contributed by atoms with Crippen LogP contribution in [-0.2, 0) is 21.2 Å². The lowest BCUT2D eigenvalue weighted by atomic mass is 10.1. The number of benzene rings is 2. The lowest BCUT2D eigenvalue weighted by Crippen LogP contribution is -2.17. The van der Waals surface area contributed by atoms with Crippen LogP contribution < -0.4 is 10.0 Å². The van der Waals surface area contributed by atoms with Crippen LogP contribution in [0.25, 0.3) is 0 Å². The van der Waals surface area contributed by atoms with Crippen molar-refractivity contribution < 1.29 is 13.2 Å². The van der Waals surface area contributed by atoms with Crippen LogP contribution in [0.4, 0.5) is 11.4 Å². The highest BCUT2D eigenvalue weighted by Gasteiger charge is 2.11. The monoisotopic (exact) mass is 382 g/mol. The number of para-hydroxylation sites is 2. The predicted molar refractivity (Wildman–Crippen MR) is 91.4 cm³/mol. The fourth-order valence-electron chi connectivity index (χ4n) is 1.89. The molecule has 2 aromatic carbocycles. The quantitative estimate of drug-likeness (QED) is 0.834. The third kappa shape index (κ3) is 4.85. The van der Waals surface area contributed by atoms with Crippen molar-refractivity contribution in [2.45, 2.75) is 6.42 Å². The summed E-state index contributed by atoms with van der Waals surface area (Å²) in [7, 11) is -3.41. The molecule has 0 aromatic heterocycles. The van der Waals surface area contributed by atoms with Crippen LogP contribution in [0.5, 0.6) is 0 Å². The summed E-state index contributed by atoms with van der Waals surface area (Å²) < 4.78 is 25.9. The predicted octanol–water partition coefficient (Wildman–Crippen LogP) is 3.00. The smallest absolute Gasteiger partial charge is 0.229 e. The molecule has 0 atom stereocenters. The Morgan fingerprint density at radius 1 is 1.05 bits per heavy atom. The van der Waals surface area contributed by atoms with Gasteiger partial charge in [-0.2, -0.15) is 0 Å². The standard InChI is InChI=1S/C15H15BrN2O3S/c1-22(20,21)18-14-9-5-4-8-13(14)17-15(19)10-11-6-2-3-7-12(11)16/h2-9,18H,10H2,1H3,(H,17,19). The number of amides is 1. The Hall–Kier alpha value is -1.86. The third-order valence-electron chi connectivity index (χ3n) is 2.81. The molecule has 0 saturated carbocycles. The van der Waals surface area contributed by atoms with Gasteiger partial charge in [-0.25, -0.2) is 8.42 Å². The number of sulfonamides is 1. The summed E-state index contributed by atoms with van der Waals surface area (Å²) in [5, 5.41) is 2.72. The second kappa shape index (κ2) is 6.93. The summed E-state index contributed by atoms with van der Waals surface area (Å²) in [6.45, 7) is 0. The van der Waals surface area contributed by atoms with Gasteiger partial charge in [-0.05, 0) is 23.8 Å². The Bertz CT molecular complexity index is 791.